The molecule has 180 valence electrons. The monoisotopic (exact) mass is 450 g/mol. The van der Waals surface area contributed by atoms with Crippen molar-refractivity contribution in [2.75, 3.05) is 20.2 Å². The topological polar surface area (TPSA) is 94.2 Å². The number of methoxy groups -OCH3 is 1. The third-order valence-corrected chi connectivity index (χ3v) is 4.49. The first-order chi connectivity index (χ1) is 14.9. The Kier molecular flexibility index (Phi) is 11.2. The zero-order valence-electron chi connectivity index (χ0n) is 20.4. The highest BCUT2D eigenvalue weighted by Crippen LogP contribution is 2.15. The van der Waals surface area contributed by atoms with Crippen molar-refractivity contribution >= 4 is 18.0 Å². The molecule has 0 bridgehead atoms. The smallest absolute Gasteiger partial charge is 0.415 e. The third-order valence-electron chi connectivity index (χ3n) is 4.49. The van der Waals surface area contributed by atoms with E-state index in [0.717, 1.165) is 5.56 Å². The minimum atomic E-state index is -0.673. The summed E-state index contributed by atoms with van der Waals surface area (Å²) in [5.41, 5.74) is 0.318. The van der Waals surface area contributed by atoms with Gasteiger partial charge in [0.15, 0.2) is 5.78 Å². The van der Waals surface area contributed by atoms with Crippen molar-refractivity contribution < 1.29 is 28.6 Å². The van der Waals surface area contributed by atoms with Crippen LogP contribution in [0.15, 0.2) is 24.3 Å². The lowest BCUT2D eigenvalue weighted by Crippen LogP contribution is -2.45. The third kappa shape index (κ3) is 10.6. The summed E-state index contributed by atoms with van der Waals surface area (Å²) in [7, 11) is 1.61. The van der Waals surface area contributed by atoms with Crippen LogP contribution in [0.3, 0.4) is 0 Å². The fraction of sp³-hybridized carbons (Fsp3) is 0.625. The summed E-state index contributed by atoms with van der Waals surface area (Å²) in [5.74, 6) is 0.468. The Bertz CT molecular complexity index is 740. The quantitative estimate of drug-likeness (QED) is 0.531. The molecule has 8 nitrogen and oxygen atoms in total. The van der Waals surface area contributed by atoms with Crippen LogP contribution in [0.1, 0.15) is 59.9 Å². The molecule has 1 N–H and O–H groups in total. The van der Waals surface area contributed by atoms with Crippen molar-refractivity contribution in [2.24, 2.45) is 5.92 Å². The van der Waals surface area contributed by atoms with Gasteiger partial charge in [0, 0.05) is 26.6 Å². The van der Waals surface area contributed by atoms with E-state index in [4.69, 9.17) is 14.2 Å². The molecule has 0 spiro atoms. The molecule has 8 heteroatoms. The number of rotatable bonds is 11. The van der Waals surface area contributed by atoms with E-state index in [9.17, 15) is 14.4 Å². The maximum absolute atomic E-state index is 12.8. The fourth-order valence-electron chi connectivity index (χ4n) is 2.98. The van der Waals surface area contributed by atoms with Crippen LogP contribution < -0.4 is 10.1 Å². The Hall–Kier alpha value is -2.61. The number of hydrogen-bond donors (Lipinski definition) is 1. The fourth-order valence-corrected chi connectivity index (χ4v) is 2.98. The minimum absolute atomic E-state index is 0.100. The maximum atomic E-state index is 12.8. The molecule has 0 saturated carbocycles. The van der Waals surface area contributed by atoms with Gasteiger partial charge in [0.1, 0.15) is 11.4 Å². The molecule has 0 heterocycles. The number of carbonyl (C=O) groups excluding carboxylic acids is 3. The first kappa shape index (κ1) is 27.4. The van der Waals surface area contributed by atoms with E-state index in [1.807, 2.05) is 32.9 Å². The van der Waals surface area contributed by atoms with Gasteiger partial charge in [-0.2, -0.15) is 0 Å². The molecule has 1 atom stereocenters. The first-order valence-corrected chi connectivity index (χ1v) is 11.0. The molecule has 1 rings (SSSR count). The van der Waals surface area contributed by atoms with E-state index in [0.29, 0.717) is 25.3 Å². The van der Waals surface area contributed by atoms with Gasteiger partial charge in [-0.05, 0) is 57.7 Å². The first-order valence-electron chi connectivity index (χ1n) is 11.0. The van der Waals surface area contributed by atoms with Crippen molar-refractivity contribution in [3.05, 3.63) is 29.8 Å². The molecular weight excluding hydrogens is 412 g/mol. The van der Waals surface area contributed by atoms with Gasteiger partial charge < -0.3 is 24.4 Å². The molecule has 2 amide bonds. The molecule has 0 aliphatic carbocycles. The number of amides is 2. The van der Waals surface area contributed by atoms with E-state index in [1.165, 1.54) is 4.90 Å². The van der Waals surface area contributed by atoms with E-state index in [2.05, 4.69) is 5.32 Å². The van der Waals surface area contributed by atoms with Crippen LogP contribution in [0.25, 0.3) is 0 Å². The number of carbonyl (C=O) groups is 3. The van der Waals surface area contributed by atoms with Crippen LogP contribution in [0.4, 0.5) is 9.59 Å². The van der Waals surface area contributed by atoms with Gasteiger partial charge in [0.05, 0.1) is 12.6 Å². The molecule has 32 heavy (non-hydrogen) atoms. The lowest BCUT2D eigenvalue weighted by atomic mass is 9.98. The Morgan fingerprint density at radius 2 is 1.72 bits per heavy atom. The van der Waals surface area contributed by atoms with Gasteiger partial charge in [-0.3, -0.25) is 4.79 Å². The molecule has 1 aromatic rings. The van der Waals surface area contributed by atoms with Crippen molar-refractivity contribution in [2.45, 2.75) is 72.6 Å². The van der Waals surface area contributed by atoms with Crippen LogP contribution in [-0.2, 0) is 20.9 Å². The highest BCUT2D eigenvalue weighted by Gasteiger charge is 2.26. The average Bonchev–Trinajstić information content (AvgIpc) is 2.67. The van der Waals surface area contributed by atoms with Gasteiger partial charge >= 0.3 is 12.2 Å². The lowest BCUT2D eigenvalue weighted by Gasteiger charge is -2.25. The van der Waals surface area contributed by atoms with Crippen molar-refractivity contribution in [3.63, 3.8) is 0 Å². The second kappa shape index (κ2) is 13.1. The molecule has 0 aromatic heterocycles. The second-order valence-corrected chi connectivity index (χ2v) is 9.07. The number of Topliss-reactive ketones (excluding diaryl/α,β-unsaturated/α-hetero) is 1. The highest BCUT2D eigenvalue weighted by atomic mass is 16.6. The summed E-state index contributed by atoms with van der Waals surface area (Å²) in [5, 5.41) is 2.68. The summed E-state index contributed by atoms with van der Waals surface area (Å²) >= 11 is 0. The average molecular weight is 451 g/mol. The molecule has 0 aliphatic rings. The minimum Gasteiger partial charge on any atom is -0.444 e. The van der Waals surface area contributed by atoms with Gasteiger partial charge in [0.2, 0.25) is 0 Å². The number of hydrogen-bond acceptors (Lipinski definition) is 6. The molecule has 0 fully saturated rings. The normalized spacial score (nSPS) is 12.2. The number of nitrogens with one attached hydrogen (secondary N) is 1. The summed E-state index contributed by atoms with van der Waals surface area (Å²) in [6.45, 7) is 12.1. The molecule has 0 radical (unpaired) electrons. The number of benzene rings is 1. The van der Waals surface area contributed by atoms with Crippen molar-refractivity contribution in [3.8, 4) is 5.75 Å². The van der Waals surface area contributed by atoms with Crippen molar-refractivity contribution in [1.82, 2.24) is 10.2 Å². The molecule has 0 saturated heterocycles. The molecule has 1 aromatic carbocycles. The van der Waals surface area contributed by atoms with E-state index in [1.54, 1.807) is 40.0 Å². The van der Waals surface area contributed by atoms with Crippen LogP contribution in [0.2, 0.25) is 0 Å². The maximum Gasteiger partial charge on any atom is 0.415 e. The van der Waals surface area contributed by atoms with E-state index in [-0.39, 0.29) is 24.7 Å². The zero-order chi connectivity index (χ0) is 24.3. The SMILES string of the molecule is CCN(CCC(=O)[C@@H](CC(C)C)NC(=O)OC(C)(C)C)C(=O)Oc1ccc(COC)cc1. The summed E-state index contributed by atoms with van der Waals surface area (Å²) in [4.78, 5) is 39.0. The van der Waals surface area contributed by atoms with Crippen LogP contribution >= 0.6 is 0 Å². The van der Waals surface area contributed by atoms with Crippen LogP contribution in [0.5, 0.6) is 5.75 Å². The number of alkyl carbamates (subject to hydrolysis) is 1. The Balaban J connectivity index is 2.68. The number of ether oxygens (including phenoxy) is 3. The summed E-state index contributed by atoms with van der Waals surface area (Å²) in [6, 6.07) is 6.38. The van der Waals surface area contributed by atoms with E-state index < -0.39 is 23.8 Å². The van der Waals surface area contributed by atoms with Gasteiger partial charge in [0.25, 0.3) is 0 Å². The summed E-state index contributed by atoms with van der Waals surface area (Å²) < 4.78 is 15.8. The van der Waals surface area contributed by atoms with Crippen LogP contribution in [0, 0.1) is 5.92 Å². The van der Waals surface area contributed by atoms with E-state index >= 15 is 0 Å². The Labute approximate surface area is 191 Å². The Morgan fingerprint density at radius 3 is 2.22 bits per heavy atom. The number of nitrogens with zero attached hydrogens (tertiary/aromatic N) is 1. The largest absolute Gasteiger partial charge is 0.444 e. The predicted molar refractivity (Wildman–Crippen MR) is 123 cm³/mol. The molecule has 0 aliphatic heterocycles. The van der Waals surface area contributed by atoms with Gasteiger partial charge in [-0.25, -0.2) is 9.59 Å². The molecule has 0 unspecified atom stereocenters. The Morgan fingerprint density at radius 1 is 1.09 bits per heavy atom. The predicted octanol–water partition coefficient (Wildman–Crippen LogP) is 4.55. The summed E-state index contributed by atoms with van der Waals surface area (Å²) in [6.07, 6.45) is -0.564. The highest BCUT2D eigenvalue weighted by molar-refractivity contribution is 5.87. The van der Waals surface area contributed by atoms with Gasteiger partial charge in [-0.1, -0.05) is 26.0 Å². The standard InChI is InChI=1S/C24H38N2O6/c1-8-26(23(29)31-19-11-9-18(10-12-19)16-30-7)14-13-21(27)20(15-17(2)3)25-22(28)32-24(4,5)6/h9-12,17,20H,8,13-16H2,1-7H3,(H,25,28)/t20-/m1/s1. The second-order valence-electron chi connectivity index (χ2n) is 9.07. The van der Waals surface area contributed by atoms with Crippen molar-refractivity contribution in [1.29, 1.82) is 0 Å². The number of ketones is 1. The van der Waals surface area contributed by atoms with Gasteiger partial charge in [-0.15, -0.1) is 0 Å². The lowest BCUT2D eigenvalue weighted by molar-refractivity contribution is -0.121. The molecular formula is C24H38N2O6. The zero-order valence-corrected chi connectivity index (χ0v) is 20.4. The van der Waals surface area contributed by atoms with Crippen LogP contribution in [-0.4, -0.2) is 54.7 Å².